The molecule has 0 radical (unpaired) electrons. The van der Waals surface area contributed by atoms with Gasteiger partial charge in [0.2, 0.25) is 10.0 Å². The van der Waals surface area contributed by atoms with E-state index in [2.05, 4.69) is 20.8 Å². The fourth-order valence-corrected chi connectivity index (χ4v) is 5.20. The van der Waals surface area contributed by atoms with E-state index in [0.717, 1.165) is 17.6 Å². The Hall–Kier alpha value is -0.430. The van der Waals surface area contributed by atoms with E-state index < -0.39 is 10.0 Å². The van der Waals surface area contributed by atoms with Gasteiger partial charge >= 0.3 is 0 Å². The zero-order chi connectivity index (χ0) is 14.2. The van der Waals surface area contributed by atoms with Gasteiger partial charge in [-0.15, -0.1) is 0 Å². The van der Waals surface area contributed by atoms with Gasteiger partial charge < -0.3 is 4.90 Å². The number of sulfonamides is 1. The van der Waals surface area contributed by atoms with Gasteiger partial charge in [0.1, 0.15) is 0 Å². The highest BCUT2D eigenvalue weighted by Crippen LogP contribution is 2.26. The van der Waals surface area contributed by atoms with Crippen LogP contribution < -0.4 is 0 Å². The average Bonchev–Trinajstić information content (AvgIpc) is 2.26. The Labute approximate surface area is 123 Å². The highest BCUT2D eigenvalue weighted by Gasteiger charge is 2.37. The summed E-state index contributed by atoms with van der Waals surface area (Å²) in [5.41, 5.74) is 0. The standard InChI is InChI=1S/C13H19BrN2O2S/c1-10-8-15(3)9-11(2)16(10)19(17,18)13-6-4-5-12(14)7-13/h4-7,10-11H,8-9H2,1-3H3/t10-,11-/m1/s1. The summed E-state index contributed by atoms with van der Waals surface area (Å²) in [6.07, 6.45) is 0. The quantitative estimate of drug-likeness (QED) is 0.823. The van der Waals surface area contributed by atoms with Crippen LogP contribution in [-0.4, -0.2) is 49.8 Å². The molecular formula is C13H19BrN2O2S. The summed E-state index contributed by atoms with van der Waals surface area (Å²) in [6.45, 7) is 5.44. The van der Waals surface area contributed by atoms with Crippen LogP contribution in [0.1, 0.15) is 13.8 Å². The third kappa shape index (κ3) is 3.02. The SMILES string of the molecule is C[C@@H]1CN(C)C[C@@H](C)N1S(=O)(=O)c1cccc(Br)c1. The van der Waals surface area contributed by atoms with E-state index in [1.807, 2.05) is 27.0 Å². The third-order valence-corrected chi connectivity index (χ3v) is 6.01. The van der Waals surface area contributed by atoms with Crippen molar-refractivity contribution in [1.82, 2.24) is 9.21 Å². The second-order valence-electron chi connectivity index (χ2n) is 5.21. The lowest BCUT2D eigenvalue weighted by molar-refractivity contribution is 0.123. The summed E-state index contributed by atoms with van der Waals surface area (Å²) >= 11 is 3.33. The van der Waals surface area contributed by atoms with Gasteiger partial charge in [-0.25, -0.2) is 8.42 Å². The van der Waals surface area contributed by atoms with Gasteiger partial charge in [-0.2, -0.15) is 4.31 Å². The highest BCUT2D eigenvalue weighted by molar-refractivity contribution is 9.10. The maximum atomic E-state index is 12.8. The predicted octanol–water partition coefficient (Wildman–Crippen LogP) is 2.16. The number of benzene rings is 1. The smallest absolute Gasteiger partial charge is 0.243 e. The van der Waals surface area contributed by atoms with Crippen LogP contribution in [0.3, 0.4) is 0 Å². The Morgan fingerprint density at radius 2 is 1.79 bits per heavy atom. The average molecular weight is 347 g/mol. The van der Waals surface area contributed by atoms with Gasteiger partial charge in [-0.1, -0.05) is 22.0 Å². The van der Waals surface area contributed by atoms with E-state index in [9.17, 15) is 8.42 Å². The van der Waals surface area contributed by atoms with Crippen LogP contribution in [-0.2, 0) is 10.0 Å². The molecule has 1 fully saturated rings. The molecule has 1 saturated heterocycles. The van der Waals surface area contributed by atoms with E-state index >= 15 is 0 Å². The Balaban J connectivity index is 2.39. The summed E-state index contributed by atoms with van der Waals surface area (Å²) in [4.78, 5) is 2.52. The zero-order valence-corrected chi connectivity index (χ0v) is 13.8. The number of rotatable bonds is 2. The van der Waals surface area contributed by atoms with E-state index in [1.165, 1.54) is 0 Å². The Bertz CT molecular complexity index is 550. The predicted molar refractivity (Wildman–Crippen MR) is 79.6 cm³/mol. The topological polar surface area (TPSA) is 40.6 Å². The molecule has 1 heterocycles. The van der Waals surface area contributed by atoms with E-state index in [1.54, 1.807) is 22.5 Å². The van der Waals surface area contributed by atoms with Crippen LogP contribution in [0.5, 0.6) is 0 Å². The molecule has 2 rings (SSSR count). The number of nitrogens with zero attached hydrogens (tertiary/aromatic N) is 2. The second kappa shape index (κ2) is 5.52. The highest BCUT2D eigenvalue weighted by atomic mass is 79.9. The lowest BCUT2D eigenvalue weighted by atomic mass is 10.2. The largest absolute Gasteiger partial charge is 0.303 e. The van der Waals surface area contributed by atoms with Crippen LogP contribution in [0.25, 0.3) is 0 Å². The zero-order valence-electron chi connectivity index (χ0n) is 11.4. The molecule has 2 atom stereocenters. The van der Waals surface area contributed by atoms with E-state index in [-0.39, 0.29) is 12.1 Å². The number of likely N-dealkylation sites (N-methyl/N-ethyl adjacent to an activating group) is 1. The second-order valence-corrected chi connectivity index (χ2v) is 7.97. The van der Waals surface area contributed by atoms with E-state index in [0.29, 0.717) is 4.90 Å². The molecule has 0 unspecified atom stereocenters. The van der Waals surface area contributed by atoms with Crippen molar-refractivity contribution < 1.29 is 8.42 Å². The van der Waals surface area contributed by atoms with Crippen molar-refractivity contribution in [2.45, 2.75) is 30.8 Å². The van der Waals surface area contributed by atoms with Crippen LogP contribution >= 0.6 is 15.9 Å². The lowest BCUT2D eigenvalue weighted by Crippen LogP contribution is -2.57. The maximum Gasteiger partial charge on any atom is 0.243 e. The van der Waals surface area contributed by atoms with Crippen molar-refractivity contribution in [2.24, 2.45) is 0 Å². The minimum absolute atomic E-state index is 0.0160. The Morgan fingerprint density at radius 3 is 2.32 bits per heavy atom. The molecule has 1 aromatic carbocycles. The molecule has 1 aromatic rings. The first kappa shape index (κ1) is 15.0. The van der Waals surface area contributed by atoms with Crippen LogP contribution in [0.15, 0.2) is 33.6 Å². The molecule has 0 amide bonds. The number of halogens is 1. The summed E-state index contributed by atoms with van der Waals surface area (Å²) < 4.78 is 27.9. The molecular weight excluding hydrogens is 328 g/mol. The van der Waals surface area contributed by atoms with E-state index in [4.69, 9.17) is 0 Å². The Morgan fingerprint density at radius 1 is 1.21 bits per heavy atom. The minimum atomic E-state index is -3.43. The van der Waals surface area contributed by atoms with Gasteiger partial charge in [0.15, 0.2) is 0 Å². The fraction of sp³-hybridized carbons (Fsp3) is 0.538. The summed E-state index contributed by atoms with van der Waals surface area (Å²) in [5, 5.41) is 0. The van der Waals surface area contributed by atoms with Gasteiger partial charge in [-0.3, -0.25) is 0 Å². The monoisotopic (exact) mass is 346 g/mol. The van der Waals surface area contributed by atoms with Crippen LogP contribution in [0.4, 0.5) is 0 Å². The van der Waals surface area contributed by atoms with Crippen LogP contribution in [0.2, 0.25) is 0 Å². The van der Waals surface area contributed by atoms with Gasteiger partial charge in [0.25, 0.3) is 0 Å². The van der Waals surface area contributed by atoms with Crippen molar-refractivity contribution in [3.63, 3.8) is 0 Å². The molecule has 0 bridgehead atoms. The molecule has 4 nitrogen and oxygen atoms in total. The molecule has 0 N–H and O–H groups in total. The van der Waals surface area contributed by atoms with Crippen molar-refractivity contribution >= 4 is 26.0 Å². The fourth-order valence-electron chi connectivity index (χ4n) is 2.79. The number of piperazine rings is 1. The van der Waals surface area contributed by atoms with Crippen molar-refractivity contribution in [2.75, 3.05) is 20.1 Å². The number of hydrogen-bond donors (Lipinski definition) is 0. The first-order valence-corrected chi connectivity index (χ1v) is 8.53. The minimum Gasteiger partial charge on any atom is -0.303 e. The lowest BCUT2D eigenvalue weighted by Gasteiger charge is -2.42. The maximum absolute atomic E-state index is 12.8. The third-order valence-electron chi connectivity index (χ3n) is 3.39. The molecule has 1 aliphatic heterocycles. The molecule has 0 aliphatic carbocycles. The normalized spacial score (nSPS) is 26.5. The molecule has 106 valence electrons. The van der Waals surface area contributed by atoms with Gasteiger partial charge in [-0.05, 0) is 39.1 Å². The first-order chi connectivity index (χ1) is 8.82. The van der Waals surface area contributed by atoms with Crippen molar-refractivity contribution in [1.29, 1.82) is 0 Å². The molecule has 1 aliphatic rings. The molecule has 19 heavy (non-hydrogen) atoms. The van der Waals surface area contributed by atoms with Gasteiger partial charge in [0, 0.05) is 29.6 Å². The van der Waals surface area contributed by atoms with Crippen molar-refractivity contribution in [3.8, 4) is 0 Å². The molecule has 0 aromatic heterocycles. The molecule has 0 saturated carbocycles. The summed E-state index contributed by atoms with van der Waals surface area (Å²) in [6, 6.07) is 6.86. The molecule has 0 spiro atoms. The van der Waals surface area contributed by atoms with Crippen LogP contribution in [0, 0.1) is 0 Å². The summed E-state index contributed by atoms with van der Waals surface area (Å²) in [7, 11) is -1.41. The summed E-state index contributed by atoms with van der Waals surface area (Å²) in [5.74, 6) is 0. The Kier molecular flexibility index (Phi) is 4.35. The van der Waals surface area contributed by atoms with Gasteiger partial charge in [0.05, 0.1) is 4.90 Å². The molecule has 6 heteroatoms. The number of hydrogen-bond acceptors (Lipinski definition) is 3. The van der Waals surface area contributed by atoms with Crippen molar-refractivity contribution in [3.05, 3.63) is 28.7 Å². The first-order valence-electron chi connectivity index (χ1n) is 6.30.